The highest BCUT2D eigenvalue weighted by atomic mass is 19.1. The van der Waals surface area contributed by atoms with Gasteiger partial charge in [0.2, 0.25) is 5.91 Å². The first kappa shape index (κ1) is 21.6. The van der Waals surface area contributed by atoms with Gasteiger partial charge in [-0.3, -0.25) is 9.79 Å². The minimum Gasteiger partial charge on any atom is -0.489 e. The number of hydrogen-bond donors (Lipinski definition) is 1. The number of nitrogens with zero attached hydrogens (tertiary/aromatic N) is 3. The molecule has 2 aromatic rings. The summed E-state index contributed by atoms with van der Waals surface area (Å²) in [7, 11) is 3.64. The van der Waals surface area contributed by atoms with Crippen molar-refractivity contribution in [1.82, 2.24) is 15.1 Å². The first-order chi connectivity index (χ1) is 14.6. The van der Waals surface area contributed by atoms with Crippen LogP contribution in [0, 0.1) is 5.82 Å². The minimum atomic E-state index is -0.363. The summed E-state index contributed by atoms with van der Waals surface area (Å²) in [5, 5.41) is 3.34. The van der Waals surface area contributed by atoms with E-state index in [-0.39, 0.29) is 17.5 Å². The Hall–Kier alpha value is -3.09. The molecule has 6 nitrogen and oxygen atoms in total. The van der Waals surface area contributed by atoms with Crippen LogP contribution in [0.25, 0.3) is 0 Å². The van der Waals surface area contributed by atoms with Crippen LogP contribution in [0.2, 0.25) is 0 Å². The molecule has 1 N–H and O–H groups in total. The maximum absolute atomic E-state index is 13.6. The van der Waals surface area contributed by atoms with Crippen LogP contribution >= 0.6 is 0 Å². The molecule has 0 saturated carbocycles. The van der Waals surface area contributed by atoms with Gasteiger partial charge in [-0.15, -0.1) is 0 Å². The Balaban J connectivity index is 1.48. The molecule has 7 heteroatoms. The second-order valence-electron chi connectivity index (χ2n) is 7.34. The summed E-state index contributed by atoms with van der Waals surface area (Å²) in [4.78, 5) is 20.0. The molecule has 160 valence electrons. The van der Waals surface area contributed by atoms with Crippen LogP contribution in [-0.2, 0) is 17.9 Å². The fraction of sp³-hybridized carbons (Fsp3) is 0.391. The molecule has 3 rings (SSSR count). The van der Waals surface area contributed by atoms with E-state index < -0.39 is 0 Å². The third-order valence-corrected chi connectivity index (χ3v) is 5.08. The maximum atomic E-state index is 13.6. The standard InChI is InChI=1S/C23H29FN4O2/c1-25-23(27(2)13-14-30-21-10-4-3-9-20(21)24)26-16-18-7-5-8-19(15-18)17-28-12-6-11-22(28)29/h3-5,7-10,15H,6,11-14,16-17H2,1-2H3,(H,25,26). The molecule has 0 aromatic heterocycles. The Kier molecular flexibility index (Phi) is 7.65. The summed E-state index contributed by atoms with van der Waals surface area (Å²) in [5.74, 6) is 0.853. The largest absolute Gasteiger partial charge is 0.489 e. The van der Waals surface area contributed by atoms with Gasteiger partial charge in [0.05, 0.1) is 6.54 Å². The third-order valence-electron chi connectivity index (χ3n) is 5.08. The number of amides is 1. The molecule has 30 heavy (non-hydrogen) atoms. The first-order valence-electron chi connectivity index (χ1n) is 10.2. The molecule has 0 spiro atoms. The number of aliphatic imine (C=N–C) groups is 1. The topological polar surface area (TPSA) is 57.2 Å². The van der Waals surface area contributed by atoms with Crippen LogP contribution in [-0.4, -0.2) is 55.5 Å². The van der Waals surface area contributed by atoms with E-state index in [1.165, 1.54) is 6.07 Å². The lowest BCUT2D eigenvalue weighted by Gasteiger charge is -2.22. The smallest absolute Gasteiger partial charge is 0.222 e. The molecule has 2 aromatic carbocycles. The van der Waals surface area contributed by atoms with Gasteiger partial charge < -0.3 is 19.9 Å². The van der Waals surface area contributed by atoms with Crippen molar-refractivity contribution in [2.24, 2.45) is 4.99 Å². The lowest BCUT2D eigenvalue weighted by molar-refractivity contribution is -0.128. The van der Waals surface area contributed by atoms with Crippen molar-refractivity contribution in [2.75, 3.05) is 33.8 Å². The van der Waals surface area contributed by atoms with Gasteiger partial charge in [0.1, 0.15) is 6.61 Å². The van der Waals surface area contributed by atoms with E-state index in [1.807, 2.05) is 22.9 Å². The van der Waals surface area contributed by atoms with Gasteiger partial charge in [-0.05, 0) is 29.7 Å². The van der Waals surface area contributed by atoms with Gasteiger partial charge in [0, 0.05) is 40.2 Å². The fourth-order valence-corrected chi connectivity index (χ4v) is 3.46. The quantitative estimate of drug-likeness (QED) is 0.535. The number of para-hydroxylation sites is 1. The summed E-state index contributed by atoms with van der Waals surface area (Å²) in [6.07, 6.45) is 1.61. The van der Waals surface area contributed by atoms with E-state index in [9.17, 15) is 9.18 Å². The van der Waals surface area contributed by atoms with Crippen LogP contribution in [0.4, 0.5) is 4.39 Å². The normalized spacial score (nSPS) is 14.2. The highest BCUT2D eigenvalue weighted by molar-refractivity contribution is 5.79. The summed E-state index contributed by atoms with van der Waals surface area (Å²) < 4.78 is 19.2. The predicted octanol–water partition coefficient (Wildman–Crippen LogP) is 3.03. The number of ether oxygens (including phenoxy) is 1. The van der Waals surface area contributed by atoms with Crippen LogP contribution < -0.4 is 10.1 Å². The molecule has 1 fully saturated rings. The average molecular weight is 413 g/mol. The molecule has 1 aliphatic heterocycles. The molecule has 0 bridgehead atoms. The molecule has 0 radical (unpaired) electrons. The van der Waals surface area contributed by atoms with Crippen LogP contribution in [0.3, 0.4) is 0 Å². The van der Waals surface area contributed by atoms with Crippen molar-refractivity contribution in [1.29, 1.82) is 0 Å². The van der Waals surface area contributed by atoms with E-state index in [0.29, 0.717) is 32.7 Å². The van der Waals surface area contributed by atoms with Crippen molar-refractivity contribution in [3.05, 3.63) is 65.5 Å². The Morgan fingerprint density at radius 3 is 2.77 bits per heavy atom. The average Bonchev–Trinajstić information content (AvgIpc) is 3.14. The van der Waals surface area contributed by atoms with Gasteiger partial charge in [-0.2, -0.15) is 0 Å². The van der Waals surface area contributed by atoms with Crippen molar-refractivity contribution in [2.45, 2.75) is 25.9 Å². The number of carbonyl (C=O) groups is 1. The lowest BCUT2D eigenvalue weighted by atomic mass is 10.1. The highest BCUT2D eigenvalue weighted by Crippen LogP contribution is 2.16. The first-order valence-corrected chi connectivity index (χ1v) is 10.2. The van der Waals surface area contributed by atoms with Gasteiger partial charge in [-0.1, -0.05) is 36.4 Å². The van der Waals surface area contributed by atoms with Crippen LogP contribution in [0.5, 0.6) is 5.75 Å². The highest BCUT2D eigenvalue weighted by Gasteiger charge is 2.20. The van der Waals surface area contributed by atoms with Gasteiger partial charge in [0.15, 0.2) is 17.5 Å². The molecule has 1 heterocycles. The molecular weight excluding hydrogens is 383 g/mol. The Morgan fingerprint density at radius 2 is 2.03 bits per heavy atom. The van der Waals surface area contributed by atoms with E-state index in [4.69, 9.17) is 4.74 Å². The number of benzene rings is 2. The molecule has 0 atom stereocenters. The fourth-order valence-electron chi connectivity index (χ4n) is 3.46. The van der Waals surface area contributed by atoms with E-state index in [2.05, 4.69) is 28.5 Å². The zero-order chi connectivity index (χ0) is 21.3. The van der Waals surface area contributed by atoms with Crippen molar-refractivity contribution >= 4 is 11.9 Å². The predicted molar refractivity (Wildman–Crippen MR) is 116 cm³/mol. The second kappa shape index (κ2) is 10.6. The molecule has 1 amide bonds. The number of likely N-dealkylation sites (tertiary alicyclic amines) is 1. The van der Waals surface area contributed by atoms with Crippen LogP contribution in [0.1, 0.15) is 24.0 Å². The van der Waals surface area contributed by atoms with Crippen molar-refractivity contribution in [3.8, 4) is 5.75 Å². The summed E-state index contributed by atoms with van der Waals surface area (Å²) in [6.45, 7) is 3.03. The van der Waals surface area contributed by atoms with Gasteiger partial charge in [0.25, 0.3) is 0 Å². The number of halogens is 1. The SMILES string of the molecule is CN=C(NCc1cccc(CN2CCCC2=O)c1)N(C)CCOc1ccccc1F. The number of hydrogen-bond acceptors (Lipinski definition) is 3. The number of likely N-dealkylation sites (N-methyl/N-ethyl adjacent to an activating group) is 1. The zero-order valence-corrected chi connectivity index (χ0v) is 17.6. The Morgan fingerprint density at radius 1 is 1.23 bits per heavy atom. The molecule has 0 aliphatic carbocycles. The van der Waals surface area contributed by atoms with E-state index >= 15 is 0 Å². The van der Waals surface area contributed by atoms with Gasteiger partial charge >= 0.3 is 0 Å². The molecule has 0 unspecified atom stereocenters. The van der Waals surface area contributed by atoms with Crippen molar-refractivity contribution in [3.63, 3.8) is 0 Å². The van der Waals surface area contributed by atoms with Crippen LogP contribution in [0.15, 0.2) is 53.5 Å². The summed E-state index contributed by atoms with van der Waals surface area (Å²) in [6, 6.07) is 14.6. The maximum Gasteiger partial charge on any atom is 0.222 e. The second-order valence-corrected chi connectivity index (χ2v) is 7.34. The Labute approximate surface area is 177 Å². The van der Waals surface area contributed by atoms with Gasteiger partial charge in [-0.25, -0.2) is 4.39 Å². The molecule has 1 saturated heterocycles. The number of guanidine groups is 1. The third kappa shape index (κ3) is 5.95. The summed E-state index contributed by atoms with van der Waals surface area (Å²) >= 11 is 0. The monoisotopic (exact) mass is 412 g/mol. The van der Waals surface area contributed by atoms with Crippen molar-refractivity contribution < 1.29 is 13.9 Å². The molecule has 1 aliphatic rings. The molecular formula is C23H29FN4O2. The van der Waals surface area contributed by atoms with E-state index in [0.717, 1.165) is 30.1 Å². The number of carbonyl (C=O) groups excluding carboxylic acids is 1. The minimum absolute atomic E-state index is 0.234. The Bertz CT molecular complexity index is 887. The number of nitrogens with one attached hydrogen (secondary N) is 1. The zero-order valence-electron chi connectivity index (χ0n) is 17.6. The lowest BCUT2D eigenvalue weighted by Crippen LogP contribution is -2.40. The van der Waals surface area contributed by atoms with E-state index in [1.54, 1.807) is 25.2 Å². The number of rotatable bonds is 8. The summed E-state index contributed by atoms with van der Waals surface area (Å²) in [5.41, 5.74) is 2.25.